The fourth-order valence-corrected chi connectivity index (χ4v) is 4.54. The Morgan fingerprint density at radius 2 is 1.94 bits per heavy atom. The molecule has 5 rings (SSSR count). The van der Waals surface area contributed by atoms with Crippen molar-refractivity contribution in [1.29, 1.82) is 0 Å². The van der Waals surface area contributed by atoms with Gasteiger partial charge in [0.05, 0.1) is 11.2 Å². The first-order valence-corrected chi connectivity index (χ1v) is 11.5. The van der Waals surface area contributed by atoms with Crippen molar-refractivity contribution in [3.63, 3.8) is 0 Å². The summed E-state index contributed by atoms with van der Waals surface area (Å²) in [5, 5.41) is 10.5. The van der Waals surface area contributed by atoms with E-state index in [1.807, 2.05) is 24.3 Å². The van der Waals surface area contributed by atoms with Crippen LogP contribution in [-0.2, 0) is 6.54 Å². The summed E-state index contributed by atoms with van der Waals surface area (Å²) in [6.07, 6.45) is 5.05. The number of rotatable bonds is 5. The molecule has 4 aromatic rings. The topological polar surface area (TPSA) is 93.9 Å². The van der Waals surface area contributed by atoms with Crippen molar-refractivity contribution >= 4 is 22.5 Å². The number of carbonyl (C=O) groups excluding carboxylic acids is 1. The first-order valence-electron chi connectivity index (χ1n) is 11.5. The van der Waals surface area contributed by atoms with E-state index in [4.69, 9.17) is 0 Å². The number of aromatic amines is 2. The fraction of sp³-hybridized carbons (Fsp3) is 0.269. The molecule has 1 aliphatic rings. The second-order valence-electron chi connectivity index (χ2n) is 8.82. The van der Waals surface area contributed by atoms with Crippen LogP contribution in [0.5, 0.6) is 0 Å². The van der Waals surface area contributed by atoms with E-state index in [0.717, 1.165) is 36.3 Å². The van der Waals surface area contributed by atoms with E-state index < -0.39 is 5.91 Å². The quantitative estimate of drug-likeness (QED) is 0.406. The summed E-state index contributed by atoms with van der Waals surface area (Å²) in [5.41, 5.74) is 4.29. The first-order chi connectivity index (χ1) is 16.5. The summed E-state index contributed by atoms with van der Waals surface area (Å²) < 4.78 is 14.9. The van der Waals surface area contributed by atoms with Crippen LogP contribution < -0.4 is 10.9 Å². The molecular formula is C26H26FN5O2. The number of nitrogens with one attached hydrogen (secondary N) is 3. The highest BCUT2D eigenvalue weighted by Crippen LogP contribution is 2.31. The van der Waals surface area contributed by atoms with Gasteiger partial charge in [0.2, 0.25) is 5.56 Å². The van der Waals surface area contributed by atoms with Gasteiger partial charge in [-0.05, 0) is 85.4 Å². The Bertz CT molecular complexity index is 1400. The average molecular weight is 460 g/mol. The monoisotopic (exact) mass is 459 g/mol. The van der Waals surface area contributed by atoms with Gasteiger partial charge in [-0.1, -0.05) is 12.5 Å². The third-order valence-corrected chi connectivity index (χ3v) is 6.39. The maximum absolute atomic E-state index is 14.9. The molecule has 0 atom stereocenters. The Kier molecular flexibility index (Phi) is 5.98. The van der Waals surface area contributed by atoms with Gasteiger partial charge in [0.25, 0.3) is 5.91 Å². The number of aromatic nitrogens is 3. The predicted molar refractivity (Wildman–Crippen MR) is 130 cm³/mol. The molecule has 2 aromatic carbocycles. The van der Waals surface area contributed by atoms with Crippen LogP contribution in [0.25, 0.3) is 22.0 Å². The summed E-state index contributed by atoms with van der Waals surface area (Å²) in [5.74, 6) is -0.634. The number of amides is 1. The highest BCUT2D eigenvalue weighted by molar-refractivity contribution is 6.11. The van der Waals surface area contributed by atoms with E-state index in [1.165, 1.54) is 37.6 Å². The molecule has 1 fully saturated rings. The second kappa shape index (κ2) is 9.23. The Morgan fingerprint density at radius 3 is 2.71 bits per heavy atom. The van der Waals surface area contributed by atoms with Gasteiger partial charge in [0.1, 0.15) is 5.82 Å². The SMILES string of the molecule is Cc1c(F)cc(CN2CCCCC2)cc1-c1ccc2[nH]nc(C(=O)Nc3ccc(=O)[nH]c3)c2c1. The molecule has 1 saturated heterocycles. The molecule has 0 aliphatic carbocycles. The van der Waals surface area contributed by atoms with Crippen molar-refractivity contribution in [2.24, 2.45) is 0 Å². The zero-order chi connectivity index (χ0) is 23.7. The summed E-state index contributed by atoms with van der Waals surface area (Å²) in [6.45, 7) is 4.59. The number of nitrogens with zero attached hydrogens (tertiary/aromatic N) is 2. The molecule has 0 bridgehead atoms. The van der Waals surface area contributed by atoms with Crippen molar-refractivity contribution in [3.8, 4) is 11.1 Å². The van der Waals surface area contributed by atoms with E-state index in [2.05, 4.69) is 25.4 Å². The van der Waals surface area contributed by atoms with Crippen LogP contribution >= 0.6 is 0 Å². The normalized spacial score (nSPS) is 14.4. The number of halogens is 1. The number of likely N-dealkylation sites (tertiary alicyclic amines) is 1. The smallest absolute Gasteiger partial charge is 0.276 e. The molecule has 0 saturated carbocycles. The number of carbonyl (C=O) groups is 1. The Hall–Kier alpha value is -3.78. The van der Waals surface area contributed by atoms with Gasteiger partial charge in [0, 0.05) is 24.2 Å². The van der Waals surface area contributed by atoms with Crippen LogP contribution in [0.1, 0.15) is 40.9 Å². The largest absolute Gasteiger partial charge is 0.327 e. The number of piperidine rings is 1. The molecule has 8 heteroatoms. The molecule has 174 valence electrons. The Morgan fingerprint density at radius 1 is 1.12 bits per heavy atom. The molecule has 3 N–H and O–H groups in total. The number of hydrogen-bond acceptors (Lipinski definition) is 4. The number of anilines is 1. The zero-order valence-corrected chi connectivity index (χ0v) is 19.0. The molecule has 0 radical (unpaired) electrons. The Balaban J connectivity index is 1.47. The molecule has 2 aromatic heterocycles. The summed E-state index contributed by atoms with van der Waals surface area (Å²) in [4.78, 5) is 29.0. The fourth-order valence-electron chi connectivity index (χ4n) is 4.54. The van der Waals surface area contributed by atoms with Crippen LogP contribution in [0.15, 0.2) is 53.5 Å². The van der Waals surface area contributed by atoms with Crippen LogP contribution in [0.3, 0.4) is 0 Å². The van der Waals surface area contributed by atoms with E-state index >= 15 is 0 Å². The molecule has 1 amide bonds. The molecule has 1 aliphatic heterocycles. The molecule has 0 unspecified atom stereocenters. The van der Waals surface area contributed by atoms with Crippen molar-refractivity contribution in [1.82, 2.24) is 20.1 Å². The van der Waals surface area contributed by atoms with Gasteiger partial charge in [-0.3, -0.25) is 19.6 Å². The van der Waals surface area contributed by atoms with Crippen LogP contribution in [-0.4, -0.2) is 39.1 Å². The Labute approximate surface area is 196 Å². The number of H-pyrrole nitrogens is 2. The van der Waals surface area contributed by atoms with Gasteiger partial charge in [-0.15, -0.1) is 0 Å². The van der Waals surface area contributed by atoms with Crippen molar-refractivity contribution < 1.29 is 9.18 Å². The predicted octanol–water partition coefficient (Wildman–Crippen LogP) is 4.60. The third kappa shape index (κ3) is 4.49. The minimum Gasteiger partial charge on any atom is -0.327 e. The lowest BCUT2D eigenvalue weighted by molar-refractivity contribution is 0.102. The zero-order valence-electron chi connectivity index (χ0n) is 19.0. The summed E-state index contributed by atoms with van der Waals surface area (Å²) in [6, 6.07) is 12.2. The number of benzene rings is 2. The van der Waals surface area contributed by atoms with Crippen LogP contribution in [0, 0.1) is 12.7 Å². The van der Waals surface area contributed by atoms with Gasteiger partial charge in [-0.25, -0.2) is 4.39 Å². The van der Waals surface area contributed by atoms with Gasteiger partial charge in [-0.2, -0.15) is 5.10 Å². The van der Waals surface area contributed by atoms with E-state index in [1.54, 1.807) is 13.0 Å². The van der Waals surface area contributed by atoms with Crippen molar-refractivity contribution in [2.75, 3.05) is 18.4 Å². The van der Waals surface area contributed by atoms with E-state index in [0.29, 0.717) is 22.2 Å². The molecule has 0 spiro atoms. The molecule has 34 heavy (non-hydrogen) atoms. The molecular weight excluding hydrogens is 433 g/mol. The number of hydrogen-bond donors (Lipinski definition) is 3. The van der Waals surface area contributed by atoms with E-state index in [-0.39, 0.29) is 17.1 Å². The van der Waals surface area contributed by atoms with Crippen LogP contribution in [0.4, 0.5) is 10.1 Å². The van der Waals surface area contributed by atoms with Gasteiger partial charge in [0.15, 0.2) is 5.69 Å². The first kappa shape index (κ1) is 22.0. The lowest BCUT2D eigenvalue weighted by atomic mass is 9.95. The summed E-state index contributed by atoms with van der Waals surface area (Å²) in [7, 11) is 0. The highest BCUT2D eigenvalue weighted by Gasteiger charge is 2.18. The minimum absolute atomic E-state index is 0.227. The molecule has 3 heterocycles. The second-order valence-corrected chi connectivity index (χ2v) is 8.82. The lowest BCUT2D eigenvalue weighted by Gasteiger charge is -2.26. The average Bonchev–Trinajstić information content (AvgIpc) is 3.27. The molecule has 7 nitrogen and oxygen atoms in total. The minimum atomic E-state index is -0.405. The van der Waals surface area contributed by atoms with E-state index in [9.17, 15) is 14.0 Å². The van der Waals surface area contributed by atoms with Crippen LogP contribution in [0.2, 0.25) is 0 Å². The third-order valence-electron chi connectivity index (χ3n) is 6.39. The highest BCUT2D eigenvalue weighted by atomic mass is 19.1. The summed E-state index contributed by atoms with van der Waals surface area (Å²) >= 11 is 0. The number of pyridine rings is 1. The van der Waals surface area contributed by atoms with Gasteiger partial charge < -0.3 is 10.3 Å². The standard InChI is InChI=1S/C26H26FN5O2/c1-16-20(11-17(12-22(16)27)15-32-9-3-2-4-10-32)18-5-7-23-21(13-18)25(31-30-23)26(34)29-19-6-8-24(33)28-14-19/h5-8,11-14H,2-4,9-10,15H2,1H3,(H,28,33)(H,29,34)(H,30,31). The maximum atomic E-state index is 14.9. The van der Waals surface area contributed by atoms with Crippen molar-refractivity contribution in [3.05, 3.63) is 81.7 Å². The number of fused-ring (bicyclic) bond motifs is 1. The lowest BCUT2D eigenvalue weighted by Crippen LogP contribution is -2.29. The van der Waals surface area contributed by atoms with Gasteiger partial charge >= 0.3 is 0 Å². The maximum Gasteiger partial charge on any atom is 0.276 e. The van der Waals surface area contributed by atoms with Crippen molar-refractivity contribution in [2.45, 2.75) is 32.7 Å².